The molecule has 0 amide bonds. The fourth-order valence-electron chi connectivity index (χ4n) is 4.69. The number of benzene rings is 2. The lowest BCUT2D eigenvalue weighted by Crippen LogP contribution is -2.39. The molecule has 0 aliphatic rings. The smallest absolute Gasteiger partial charge is 0.343 e. The summed E-state index contributed by atoms with van der Waals surface area (Å²) in [6, 6.07) is 13.3. The van der Waals surface area contributed by atoms with Crippen molar-refractivity contribution in [3.63, 3.8) is 0 Å². The van der Waals surface area contributed by atoms with Gasteiger partial charge in [0.2, 0.25) is 5.88 Å². The van der Waals surface area contributed by atoms with Crippen molar-refractivity contribution in [3.8, 4) is 22.1 Å². The van der Waals surface area contributed by atoms with Gasteiger partial charge >= 0.3 is 11.7 Å². The third kappa shape index (κ3) is 6.21. The van der Waals surface area contributed by atoms with Crippen molar-refractivity contribution in [1.29, 1.82) is 0 Å². The number of pyridine rings is 1. The van der Waals surface area contributed by atoms with E-state index < -0.39 is 52.5 Å². The molecule has 0 radical (unpaired) electrons. The Morgan fingerprint density at radius 1 is 1.02 bits per heavy atom. The number of carbonyl (C=O) groups excluding carboxylic acids is 1. The van der Waals surface area contributed by atoms with Gasteiger partial charge < -0.3 is 14.4 Å². The van der Waals surface area contributed by atoms with E-state index in [0.717, 1.165) is 32.6 Å². The first-order valence-corrected chi connectivity index (χ1v) is 14.1. The number of thiophene rings is 1. The molecule has 0 N–H and O–H groups in total. The number of fused-ring (bicyclic) bond motifs is 1. The van der Waals surface area contributed by atoms with Crippen LogP contribution in [0.1, 0.15) is 11.1 Å². The monoisotopic (exact) mass is 637 g/mol. The Kier molecular flexibility index (Phi) is 8.83. The topological polar surface area (TPSA) is 139 Å². The molecule has 0 spiro atoms. The van der Waals surface area contributed by atoms with E-state index in [4.69, 9.17) is 4.74 Å². The number of aromatic nitrogens is 3. The second-order valence-electron chi connectivity index (χ2n) is 10.0. The second-order valence-corrected chi connectivity index (χ2v) is 11.0. The first kappa shape index (κ1) is 31.2. The average molecular weight is 638 g/mol. The van der Waals surface area contributed by atoms with Gasteiger partial charge in [-0.25, -0.2) is 22.9 Å². The van der Waals surface area contributed by atoms with Crippen LogP contribution in [-0.2, 0) is 22.6 Å². The molecular weight excluding hydrogens is 612 g/mol. The molecule has 3 heterocycles. The first-order chi connectivity index (χ1) is 21.5. The number of esters is 1. The lowest BCUT2D eigenvalue weighted by atomic mass is 10.1. The molecule has 15 heteroatoms. The standard InChI is InChI=1S/C30H25F2N5O7S/c1-34(2)14-20-26-28(39)36(23-8-5-9-24(33-23)44-16-25(38)43-3)30(40)35(15-19-21(31)6-4-7-22(19)32)29(26)45-27(20)17-10-12-18(13-11-17)37(41)42/h4-13H,14-16H2,1-3H3. The molecule has 0 unspecified atom stereocenters. The van der Waals surface area contributed by atoms with Crippen molar-refractivity contribution < 1.29 is 28.0 Å². The highest BCUT2D eigenvalue weighted by atomic mass is 32.1. The van der Waals surface area contributed by atoms with Crippen molar-refractivity contribution in [2.45, 2.75) is 13.1 Å². The maximum atomic E-state index is 14.9. The van der Waals surface area contributed by atoms with Crippen LogP contribution in [0.4, 0.5) is 14.5 Å². The number of nitro benzene ring substituents is 1. The molecule has 0 aliphatic carbocycles. The first-order valence-electron chi connectivity index (χ1n) is 13.3. The molecule has 0 fully saturated rings. The Labute approximate surface area is 257 Å². The fraction of sp³-hybridized carbons (Fsp3) is 0.200. The number of halogens is 2. The summed E-state index contributed by atoms with van der Waals surface area (Å²) in [4.78, 5) is 57.4. The van der Waals surface area contributed by atoms with Crippen molar-refractivity contribution in [2.75, 3.05) is 27.8 Å². The maximum absolute atomic E-state index is 14.9. The molecular formula is C30H25F2N5O7S. The van der Waals surface area contributed by atoms with E-state index in [-0.39, 0.29) is 34.1 Å². The maximum Gasteiger partial charge on any atom is 0.343 e. The number of hydrogen-bond acceptors (Lipinski definition) is 10. The second kappa shape index (κ2) is 12.8. The minimum absolute atomic E-state index is 0.0820. The number of rotatable bonds is 10. The average Bonchev–Trinajstić information content (AvgIpc) is 3.38. The van der Waals surface area contributed by atoms with Gasteiger partial charge in [-0.05, 0) is 55.6 Å². The molecule has 0 bridgehead atoms. The summed E-state index contributed by atoms with van der Waals surface area (Å²) >= 11 is 1.05. The summed E-state index contributed by atoms with van der Waals surface area (Å²) in [5.74, 6) is -2.69. The zero-order chi connectivity index (χ0) is 32.4. The van der Waals surface area contributed by atoms with Crippen LogP contribution in [0.5, 0.6) is 5.88 Å². The number of nitrogens with zero attached hydrogens (tertiary/aromatic N) is 5. The highest BCUT2D eigenvalue weighted by Gasteiger charge is 2.26. The largest absolute Gasteiger partial charge is 0.466 e. The summed E-state index contributed by atoms with van der Waals surface area (Å²) < 4.78 is 41.5. The Bertz CT molecular complexity index is 2040. The molecule has 45 heavy (non-hydrogen) atoms. The van der Waals surface area contributed by atoms with Crippen LogP contribution >= 0.6 is 11.3 Å². The van der Waals surface area contributed by atoms with Gasteiger partial charge in [-0.3, -0.25) is 19.5 Å². The van der Waals surface area contributed by atoms with Crippen LogP contribution in [0.15, 0.2) is 70.3 Å². The Balaban J connectivity index is 1.82. The van der Waals surface area contributed by atoms with Gasteiger partial charge in [0.05, 0.1) is 24.0 Å². The lowest BCUT2D eigenvalue weighted by molar-refractivity contribution is -0.384. The molecule has 2 aromatic carbocycles. The number of hydrogen-bond donors (Lipinski definition) is 0. The van der Waals surface area contributed by atoms with Gasteiger partial charge in [0.15, 0.2) is 6.61 Å². The van der Waals surface area contributed by atoms with E-state index in [1.807, 2.05) is 0 Å². The van der Waals surface area contributed by atoms with Crippen LogP contribution in [0.3, 0.4) is 0 Å². The highest BCUT2D eigenvalue weighted by molar-refractivity contribution is 7.22. The van der Waals surface area contributed by atoms with Crippen molar-refractivity contribution in [3.05, 3.63) is 114 Å². The quantitative estimate of drug-likeness (QED) is 0.126. The molecule has 232 valence electrons. The lowest BCUT2D eigenvalue weighted by Gasteiger charge is -2.15. The summed E-state index contributed by atoms with van der Waals surface area (Å²) in [7, 11) is 4.73. The highest BCUT2D eigenvalue weighted by Crippen LogP contribution is 2.38. The van der Waals surface area contributed by atoms with Crippen LogP contribution in [-0.4, -0.2) is 57.7 Å². The fourth-order valence-corrected chi connectivity index (χ4v) is 5.99. The molecule has 3 aromatic heterocycles. The van der Waals surface area contributed by atoms with E-state index >= 15 is 0 Å². The predicted octanol–water partition coefficient (Wildman–Crippen LogP) is 4.12. The Morgan fingerprint density at radius 2 is 1.69 bits per heavy atom. The van der Waals surface area contributed by atoms with Crippen molar-refractivity contribution >= 4 is 33.2 Å². The zero-order valence-corrected chi connectivity index (χ0v) is 25.0. The molecule has 5 rings (SSSR count). The number of nitro groups is 1. The minimum atomic E-state index is -0.930. The van der Waals surface area contributed by atoms with Gasteiger partial charge in [-0.15, -0.1) is 11.3 Å². The van der Waals surface area contributed by atoms with E-state index in [0.29, 0.717) is 16.0 Å². The third-order valence-electron chi connectivity index (χ3n) is 6.77. The van der Waals surface area contributed by atoms with Gasteiger partial charge in [-0.2, -0.15) is 4.98 Å². The molecule has 0 saturated heterocycles. The van der Waals surface area contributed by atoms with Crippen LogP contribution in [0.25, 0.3) is 26.5 Å². The summed E-state index contributed by atoms with van der Waals surface area (Å²) in [5, 5.41) is 11.4. The molecule has 0 aliphatic heterocycles. The van der Waals surface area contributed by atoms with Crippen LogP contribution < -0.4 is 16.0 Å². The SMILES string of the molecule is COC(=O)COc1cccc(-n2c(=O)c3c(CN(C)C)c(-c4ccc([N+](=O)[O-])cc4)sc3n(Cc3c(F)cccc3F)c2=O)n1. The predicted molar refractivity (Wildman–Crippen MR) is 162 cm³/mol. The van der Waals surface area contributed by atoms with E-state index in [1.54, 1.807) is 19.0 Å². The van der Waals surface area contributed by atoms with Crippen LogP contribution in [0.2, 0.25) is 0 Å². The van der Waals surface area contributed by atoms with Crippen molar-refractivity contribution in [2.24, 2.45) is 0 Å². The zero-order valence-electron chi connectivity index (χ0n) is 24.2. The normalized spacial score (nSPS) is 11.2. The van der Waals surface area contributed by atoms with Crippen molar-refractivity contribution in [1.82, 2.24) is 19.0 Å². The van der Waals surface area contributed by atoms with Gasteiger partial charge in [0.25, 0.3) is 11.2 Å². The van der Waals surface area contributed by atoms with Crippen LogP contribution in [0, 0.1) is 21.7 Å². The molecule has 12 nitrogen and oxygen atoms in total. The number of carbonyl (C=O) groups is 1. The number of methoxy groups -OCH3 is 1. The Hall–Kier alpha value is -5.28. The van der Waals surface area contributed by atoms with Gasteiger partial charge in [0.1, 0.15) is 22.3 Å². The minimum Gasteiger partial charge on any atom is -0.466 e. The summed E-state index contributed by atoms with van der Waals surface area (Å²) in [6.07, 6.45) is 0. The van der Waals surface area contributed by atoms with Gasteiger partial charge in [0, 0.05) is 35.2 Å². The molecule has 0 atom stereocenters. The van der Waals surface area contributed by atoms with E-state index in [2.05, 4.69) is 9.72 Å². The summed E-state index contributed by atoms with van der Waals surface area (Å²) in [6.45, 7) is -0.828. The van der Waals surface area contributed by atoms with E-state index in [1.165, 1.54) is 55.6 Å². The third-order valence-corrected chi connectivity index (χ3v) is 8.07. The number of ether oxygens (including phenoxy) is 2. The molecule has 0 saturated carbocycles. The number of non-ortho nitro benzene ring substituents is 1. The Morgan fingerprint density at radius 3 is 2.31 bits per heavy atom. The molecule has 5 aromatic rings. The summed E-state index contributed by atoms with van der Waals surface area (Å²) in [5.41, 5.74) is -1.18. The van der Waals surface area contributed by atoms with E-state index in [9.17, 15) is 33.3 Å². The van der Waals surface area contributed by atoms with Gasteiger partial charge in [-0.1, -0.05) is 12.1 Å².